The van der Waals surface area contributed by atoms with E-state index in [1.807, 2.05) is 24.3 Å². The van der Waals surface area contributed by atoms with E-state index in [1.165, 1.54) is 11.6 Å². The molecule has 2 rings (SSSR count). The average Bonchev–Trinajstić information content (AvgIpc) is 3.07. The Morgan fingerprint density at radius 3 is 2.43 bits per heavy atom. The molecule has 0 spiro atoms. The van der Waals surface area contributed by atoms with Gasteiger partial charge >= 0.3 is 5.97 Å². The zero-order chi connectivity index (χ0) is 20.6. The molecule has 0 atom stereocenters. The van der Waals surface area contributed by atoms with E-state index in [2.05, 4.69) is 31.2 Å². The molecule has 2 aromatic rings. The van der Waals surface area contributed by atoms with Gasteiger partial charge in [0.1, 0.15) is 18.1 Å². The Hall–Kier alpha value is -3.03. The molecular weight excluding hydrogens is 364 g/mol. The molecule has 0 saturated heterocycles. The van der Waals surface area contributed by atoms with Crippen molar-refractivity contribution in [3.05, 3.63) is 41.7 Å². The molecule has 0 aliphatic carbocycles. The first-order valence-electron chi connectivity index (χ1n) is 8.96. The number of nitrogens with one attached hydrogen (secondary N) is 1. The normalized spacial score (nSPS) is 11.0. The van der Waals surface area contributed by atoms with Gasteiger partial charge in [0.15, 0.2) is 13.2 Å². The molecule has 1 N–H and O–H groups in total. The molecule has 152 valence electrons. The quantitative estimate of drug-likeness (QED) is 0.518. The highest BCUT2D eigenvalue weighted by molar-refractivity contribution is 5.80. The molecule has 0 bridgehead atoms. The highest BCUT2D eigenvalue weighted by Crippen LogP contribution is 2.24. The van der Waals surface area contributed by atoms with Crippen LogP contribution >= 0.6 is 0 Å². The standard InChI is InChI=1S/C20H26N2O6/c1-14-11-18(22-28-14)26-13-19(24)27-12-17(23)21-9-10-25-16-7-5-15(6-8-16)20(2,3)4/h5-8,11H,9-10,12-13H2,1-4H3,(H,21,23). The molecule has 0 fully saturated rings. The highest BCUT2D eigenvalue weighted by atomic mass is 16.6. The Bertz CT molecular complexity index is 777. The molecule has 0 radical (unpaired) electrons. The predicted octanol–water partition coefficient (Wildman–Crippen LogP) is 2.40. The number of nitrogens with zero attached hydrogens (tertiary/aromatic N) is 1. The number of aromatic nitrogens is 1. The summed E-state index contributed by atoms with van der Waals surface area (Å²) in [4.78, 5) is 23.2. The van der Waals surface area contributed by atoms with Crippen LogP contribution in [0.25, 0.3) is 0 Å². The van der Waals surface area contributed by atoms with Gasteiger partial charge in [-0.3, -0.25) is 4.79 Å². The van der Waals surface area contributed by atoms with Crippen molar-refractivity contribution in [3.8, 4) is 11.6 Å². The number of hydrogen-bond donors (Lipinski definition) is 1. The Balaban J connectivity index is 1.57. The van der Waals surface area contributed by atoms with Crippen LogP contribution in [0.1, 0.15) is 32.1 Å². The lowest BCUT2D eigenvalue weighted by Crippen LogP contribution is -2.32. The minimum Gasteiger partial charge on any atom is -0.492 e. The van der Waals surface area contributed by atoms with E-state index in [4.69, 9.17) is 18.7 Å². The zero-order valence-electron chi connectivity index (χ0n) is 16.6. The minimum atomic E-state index is -0.675. The summed E-state index contributed by atoms with van der Waals surface area (Å²) in [5.41, 5.74) is 1.31. The van der Waals surface area contributed by atoms with Crippen molar-refractivity contribution >= 4 is 11.9 Å². The average molecular weight is 390 g/mol. The summed E-state index contributed by atoms with van der Waals surface area (Å²) in [6.45, 7) is 8.00. The van der Waals surface area contributed by atoms with E-state index in [1.54, 1.807) is 6.92 Å². The fourth-order valence-corrected chi connectivity index (χ4v) is 2.19. The largest absolute Gasteiger partial charge is 0.492 e. The summed E-state index contributed by atoms with van der Waals surface area (Å²) in [5.74, 6) is 0.388. The van der Waals surface area contributed by atoms with Crippen molar-refractivity contribution in [2.45, 2.75) is 33.1 Å². The van der Waals surface area contributed by atoms with Gasteiger partial charge in [0.2, 0.25) is 0 Å². The van der Waals surface area contributed by atoms with Crippen molar-refractivity contribution in [1.82, 2.24) is 10.5 Å². The topological polar surface area (TPSA) is 99.9 Å². The maximum Gasteiger partial charge on any atom is 0.344 e. The number of esters is 1. The van der Waals surface area contributed by atoms with Gasteiger partial charge in [-0.25, -0.2) is 4.79 Å². The van der Waals surface area contributed by atoms with Crippen LogP contribution in [-0.4, -0.2) is 43.4 Å². The van der Waals surface area contributed by atoms with Crippen molar-refractivity contribution < 1.29 is 28.3 Å². The summed E-state index contributed by atoms with van der Waals surface area (Å²) < 4.78 is 20.3. The van der Waals surface area contributed by atoms with Crippen LogP contribution < -0.4 is 14.8 Å². The highest BCUT2D eigenvalue weighted by Gasteiger charge is 2.13. The molecule has 28 heavy (non-hydrogen) atoms. The molecule has 0 unspecified atom stereocenters. The molecule has 0 aliphatic heterocycles. The van der Waals surface area contributed by atoms with E-state index in [9.17, 15) is 9.59 Å². The van der Waals surface area contributed by atoms with E-state index >= 15 is 0 Å². The molecule has 1 amide bonds. The Kier molecular flexibility index (Phi) is 7.43. The Morgan fingerprint density at radius 1 is 1.11 bits per heavy atom. The monoisotopic (exact) mass is 390 g/mol. The second-order valence-electron chi connectivity index (χ2n) is 7.20. The number of benzene rings is 1. The molecule has 0 aliphatic rings. The molecule has 1 aromatic heterocycles. The zero-order valence-corrected chi connectivity index (χ0v) is 16.6. The van der Waals surface area contributed by atoms with E-state index < -0.39 is 11.9 Å². The summed E-state index contributed by atoms with van der Waals surface area (Å²) >= 11 is 0. The fourth-order valence-electron chi connectivity index (χ4n) is 2.19. The van der Waals surface area contributed by atoms with E-state index in [-0.39, 0.29) is 24.5 Å². The number of carbonyl (C=O) groups excluding carboxylic acids is 2. The fraction of sp³-hybridized carbons (Fsp3) is 0.450. The van der Waals surface area contributed by atoms with Gasteiger partial charge in [-0.2, -0.15) is 0 Å². The van der Waals surface area contributed by atoms with E-state index in [0.29, 0.717) is 18.9 Å². The van der Waals surface area contributed by atoms with Gasteiger partial charge in [-0.05, 0) is 35.2 Å². The molecule has 1 heterocycles. The van der Waals surface area contributed by atoms with Gasteiger partial charge < -0.3 is 24.1 Å². The van der Waals surface area contributed by atoms with Crippen molar-refractivity contribution in [2.24, 2.45) is 0 Å². The van der Waals surface area contributed by atoms with Crippen LogP contribution in [0.15, 0.2) is 34.9 Å². The summed E-state index contributed by atoms with van der Waals surface area (Å²) in [5, 5.41) is 6.19. The van der Waals surface area contributed by atoms with Crippen LogP contribution in [0, 0.1) is 6.92 Å². The van der Waals surface area contributed by atoms with Gasteiger partial charge in [-0.1, -0.05) is 32.9 Å². The lowest BCUT2D eigenvalue weighted by molar-refractivity contribution is -0.150. The number of rotatable bonds is 9. The van der Waals surface area contributed by atoms with Crippen molar-refractivity contribution in [1.29, 1.82) is 0 Å². The smallest absolute Gasteiger partial charge is 0.344 e. The first-order valence-corrected chi connectivity index (χ1v) is 8.96. The number of hydrogen-bond acceptors (Lipinski definition) is 7. The molecular formula is C20H26N2O6. The second-order valence-corrected chi connectivity index (χ2v) is 7.20. The maximum atomic E-state index is 11.7. The lowest BCUT2D eigenvalue weighted by Gasteiger charge is -2.19. The van der Waals surface area contributed by atoms with Gasteiger partial charge in [0, 0.05) is 6.07 Å². The second kappa shape index (κ2) is 9.77. The first-order chi connectivity index (χ1) is 13.2. The third kappa shape index (κ3) is 7.30. The molecule has 1 aromatic carbocycles. The molecule has 8 nitrogen and oxygen atoms in total. The number of ether oxygens (including phenoxy) is 3. The van der Waals surface area contributed by atoms with Crippen LogP contribution in [0.2, 0.25) is 0 Å². The number of amides is 1. The third-order valence-electron chi connectivity index (χ3n) is 3.72. The first kappa shape index (κ1) is 21.3. The molecule has 8 heteroatoms. The van der Waals surface area contributed by atoms with Crippen LogP contribution in [0.4, 0.5) is 0 Å². The van der Waals surface area contributed by atoms with Gasteiger partial charge in [-0.15, -0.1) is 0 Å². The predicted molar refractivity (Wildman–Crippen MR) is 101 cm³/mol. The Labute approximate surface area is 164 Å². The van der Waals surface area contributed by atoms with Crippen LogP contribution in [-0.2, 0) is 19.7 Å². The lowest BCUT2D eigenvalue weighted by atomic mass is 9.87. The van der Waals surface area contributed by atoms with Crippen LogP contribution in [0.3, 0.4) is 0 Å². The van der Waals surface area contributed by atoms with Crippen LogP contribution in [0.5, 0.6) is 11.6 Å². The third-order valence-corrected chi connectivity index (χ3v) is 3.72. The molecule has 0 saturated carbocycles. The van der Waals surface area contributed by atoms with E-state index in [0.717, 1.165) is 5.75 Å². The van der Waals surface area contributed by atoms with Crippen molar-refractivity contribution in [3.63, 3.8) is 0 Å². The SMILES string of the molecule is Cc1cc(OCC(=O)OCC(=O)NCCOc2ccc(C(C)(C)C)cc2)no1. The number of carbonyl (C=O) groups is 2. The summed E-state index contributed by atoms with van der Waals surface area (Å²) in [6, 6.07) is 9.39. The maximum absolute atomic E-state index is 11.7. The number of aryl methyl sites for hydroxylation is 1. The van der Waals surface area contributed by atoms with Gasteiger partial charge in [0.25, 0.3) is 11.8 Å². The summed E-state index contributed by atoms with van der Waals surface area (Å²) in [7, 11) is 0. The minimum absolute atomic E-state index is 0.0863. The van der Waals surface area contributed by atoms with Crippen molar-refractivity contribution in [2.75, 3.05) is 26.4 Å². The summed E-state index contributed by atoms with van der Waals surface area (Å²) in [6.07, 6.45) is 0. The Morgan fingerprint density at radius 2 is 1.82 bits per heavy atom. The van der Waals surface area contributed by atoms with Gasteiger partial charge in [0.05, 0.1) is 6.54 Å².